The maximum absolute atomic E-state index is 12.2. The highest BCUT2D eigenvalue weighted by Crippen LogP contribution is 2.29. The average Bonchev–Trinajstić information content (AvgIpc) is 2.53. The summed E-state index contributed by atoms with van der Waals surface area (Å²) in [4.78, 5) is 0. The number of aromatic nitrogens is 2. The minimum atomic E-state index is -3.47. The first-order valence-corrected chi connectivity index (χ1v) is 9.09. The van der Waals surface area contributed by atoms with Gasteiger partial charge >= 0.3 is 0 Å². The molecule has 0 bridgehead atoms. The lowest BCUT2D eigenvalue weighted by Crippen LogP contribution is -2.33. The van der Waals surface area contributed by atoms with Crippen LogP contribution in [0.1, 0.15) is 18.4 Å². The second-order valence-electron chi connectivity index (χ2n) is 5.76. The van der Waals surface area contributed by atoms with E-state index in [1.165, 1.54) is 12.1 Å². The van der Waals surface area contributed by atoms with E-state index in [1.807, 2.05) is 30.3 Å². The summed E-state index contributed by atoms with van der Waals surface area (Å²) in [6.07, 6.45) is 0.700. The number of hydrogen-bond acceptors (Lipinski definition) is 6. The van der Waals surface area contributed by atoms with Gasteiger partial charge in [-0.15, -0.1) is 10.2 Å². The summed E-state index contributed by atoms with van der Waals surface area (Å²) in [6.45, 7) is 0.349. The number of sulfone groups is 1. The molecule has 3 rings (SSSR count). The monoisotopic (exact) mass is 334 g/mol. The lowest BCUT2D eigenvalue weighted by atomic mass is 9.84. The van der Waals surface area contributed by atoms with E-state index >= 15 is 0 Å². The summed E-state index contributed by atoms with van der Waals surface area (Å²) in [6, 6.07) is 12.5. The Balaban J connectivity index is 1.60. The Kier molecular flexibility index (Phi) is 4.58. The highest BCUT2D eigenvalue weighted by Gasteiger charge is 2.32. The minimum absolute atomic E-state index is 0.00294. The van der Waals surface area contributed by atoms with E-state index in [2.05, 4.69) is 10.2 Å². The van der Waals surface area contributed by atoms with Gasteiger partial charge in [0.25, 0.3) is 0 Å². The van der Waals surface area contributed by atoms with Gasteiger partial charge in [-0.1, -0.05) is 30.3 Å². The Labute approximate surface area is 135 Å². The Morgan fingerprint density at radius 3 is 2.43 bits per heavy atom. The van der Waals surface area contributed by atoms with Gasteiger partial charge in [-0.25, -0.2) is 8.42 Å². The molecule has 23 heavy (non-hydrogen) atoms. The van der Waals surface area contributed by atoms with E-state index in [4.69, 9.17) is 4.74 Å². The average molecular weight is 334 g/mol. The summed E-state index contributed by atoms with van der Waals surface area (Å²) >= 11 is 0. The standard InChI is InChI=1S/C16H18N2O4S/c19-14-8-13(9-14)11-23(20,21)16-7-6-15(17-18-16)22-10-12-4-2-1-3-5-12/h1-7,13-14,19H,8-11H2. The maximum Gasteiger partial charge on any atom is 0.233 e. The Bertz CT molecular complexity index is 741. The molecule has 1 fully saturated rings. The molecular formula is C16H18N2O4S. The molecule has 1 aromatic carbocycles. The molecule has 7 heteroatoms. The summed E-state index contributed by atoms with van der Waals surface area (Å²) < 4.78 is 29.9. The topological polar surface area (TPSA) is 89.4 Å². The number of ether oxygens (including phenoxy) is 1. The van der Waals surface area contributed by atoms with E-state index in [-0.39, 0.29) is 28.7 Å². The van der Waals surface area contributed by atoms with Crippen molar-refractivity contribution in [3.63, 3.8) is 0 Å². The van der Waals surface area contributed by atoms with Gasteiger partial charge in [-0.3, -0.25) is 0 Å². The van der Waals surface area contributed by atoms with Crippen molar-refractivity contribution >= 4 is 9.84 Å². The molecule has 0 radical (unpaired) electrons. The van der Waals surface area contributed by atoms with Crippen LogP contribution in [0.25, 0.3) is 0 Å². The lowest BCUT2D eigenvalue weighted by molar-refractivity contribution is 0.0526. The number of benzene rings is 1. The van der Waals surface area contributed by atoms with E-state index < -0.39 is 9.84 Å². The molecule has 0 spiro atoms. The molecule has 2 aromatic rings. The zero-order valence-corrected chi connectivity index (χ0v) is 13.3. The first kappa shape index (κ1) is 15.9. The Morgan fingerprint density at radius 1 is 1.09 bits per heavy atom. The predicted octanol–water partition coefficient (Wildman–Crippen LogP) is 1.60. The third-order valence-electron chi connectivity index (χ3n) is 3.83. The maximum atomic E-state index is 12.2. The lowest BCUT2D eigenvalue weighted by Gasteiger charge is -2.30. The smallest absolute Gasteiger partial charge is 0.233 e. The second-order valence-corrected chi connectivity index (χ2v) is 7.74. The zero-order valence-electron chi connectivity index (χ0n) is 12.5. The van der Waals surface area contributed by atoms with Crippen molar-refractivity contribution in [2.45, 2.75) is 30.6 Å². The second kappa shape index (κ2) is 6.64. The molecule has 0 saturated heterocycles. The van der Waals surface area contributed by atoms with Gasteiger partial charge in [0.05, 0.1) is 11.9 Å². The number of rotatable bonds is 6. The number of hydrogen-bond donors (Lipinski definition) is 1. The number of aliphatic hydroxyl groups excluding tert-OH is 1. The highest BCUT2D eigenvalue weighted by atomic mass is 32.2. The predicted molar refractivity (Wildman–Crippen MR) is 83.6 cm³/mol. The molecule has 6 nitrogen and oxygen atoms in total. The highest BCUT2D eigenvalue weighted by molar-refractivity contribution is 7.91. The molecule has 0 atom stereocenters. The van der Waals surface area contributed by atoms with Crippen molar-refractivity contribution in [2.24, 2.45) is 5.92 Å². The number of nitrogens with zero attached hydrogens (tertiary/aromatic N) is 2. The third-order valence-corrected chi connectivity index (χ3v) is 5.59. The van der Waals surface area contributed by atoms with Crippen molar-refractivity contribution in [3.8, 4) is 5.88 Å². The van der Waals surface area contributed by atoms with Crippen LogP contribution in [0.3, 0.4) is 0 Å². The molecule has 0 aliphatic heterocycles. The molecule has 1 heterocycles. The van der Waals surface area contributed by atoms with Crippen LogP contribution in [-0.4, -0.2) is 35.6 Å². The largest absolute Gasteiger partial charge is 0.472 e. The normalized spacial score (nSPS) is 20.7. The van der Waals surface area contributed by atoms with Crippen molar-refractivity contribution in [3.05, 3.63) is 48.0 Å². The van der Waals surface area contributed by atoms with Crippen molar-refractivity contribution in [1.82, 2.24) is 10.2 Å². The minimum Gasteiger partial charge on any atom is -0.472 e. The number of aliphatic hydroxyl groups is 1. The van der Waals surface area contributed by atoms with Gasteiger partial charge in [0.2, 0.25) is 5.88 Å². The fourth-order valence-corrected chi connectivity index (χ4v) is 4.02. The van der Waals surface area contributed by atoms with E-state index in [9.17, 15) is 13.5 Å². The van der Waals surface area contributed by atoms with Crippen LogP contribution in [-0.2, 0) is 16.4 Å². The molecule has 1 N–H and O–H groups in total. The third kappa shape index (κ3) is 4.05. The van der Waals surface area contributed by atoms with Gasteiger partial charge in [0.1, 0.15) is 6.61 Å². The quantitative estimate of drug-likeness (QED) is 0.863. The summed E-state index contributed by atoms with van der Waals surface area (Å²) in [5.41, 5.74) is 0.995. The summed E-state index contributed by atoms with van der Waals surface area (Å²) in [5, 5.41) is 16.8. The Hall–Kier alpha value is -1.99. The van der Waals surface area contributed by atoms with E-state index in [1.54, 1.807) is 0 Å². The molecule has 0 unspecified atom stereocenters. The zero-order chi connectivity index (χ0) is 16.3. The van der Waals surface area contributed by atoms with Crippen LogP contribution in [0.2, 0.25) is 0 Å². The molecule has 0 amide bonds. The van der Waals surface area contributed by atoms with Crippen LogP contribution >= 0.6 is 0 Å². The van der Waals surface area contributed by atoms with Crippen molar-refractivity contribution in [2.75, 3.05) is 5.75 Å². The summed E-state index contributed by atoms with van der Waals surface area (Å²) in [5.74, 6) is 0.292. The first-order valence-electron chi connectivity index (χ1n) is 7.44. The van der Waals surface area contributed by atoms with E-state index in [0.717, 1.165) is 5.56 Å². The molecule has 1 aliphatic rings. The van der Waals surface area contributed by atoms with E-state index in [0.29, 0.717) is 19.4 Å². The molecule has 1 aliphatic carbocycles. The van der Waals surface area contributed by atoms with Gasteiger partial charge in [0, 0.05) is 6.07 Å². The molecule has 122 valence electrons. The van der Waals surface area contributed by atoms with Crippen LogP contribution in [0.15, 0.2) is 47.5 Å². The Morgan fingerprint density at radius 2 is 1.83 bits per heavy atom. The fraction of sp³-hybridized carbons (Fsp3) is 0.375. The van der Waals surface area contributed by atoms with Crippen LogP contribution in [0.5, 0.6) is 5.88 Å². The van der Waals surface area contributed by atoms with Gasteiger partial charge in [-0.05, 0) is 30.4 Å². The first-order chi connectivity index (χ1) is 11.0. The van der Waals surface area contributed by atoms with Crippen molar-refractivity contribution < 1.29 is 18.3 Å². The SMILES string of the molecule is O=S(=O)(CC1CC(O)C1)c1ccc(OCc2ccccc2)nn1. The summed E-state index contributed by atoms with van der Waals surface area (Å²) in [7, 11) is -3.47. The van der Waals surface area contributed by atoms with Crippen LogP contribution in [0.4, 0.5) is 0 Å². The van der Waals surface area contributed by atoms with Gasteiger partial charge in [0.15, 0.2) is 14.9 Å². The molecule has 1 aromatic heterocycles. The molecular weight excluding hydrogens is 316 g/mol. The molecule has 1 saturated carbocycles. The fourth-order valence-electron chi connectivity index (χ4n) is 2.51. The van der Waals surface area contributed by atoms with Crippen LogP contribution < -0.4 is 4.74 Å². The van der Waals surface area contributed by atoms with Crippen molar-refractivity contribution in [1.29, 1.82) is 0 Å². The van der Waals surface area contributed by atoms with Gasteiger partial charge < -0.3 is 9.84 Å². The van der Waals surface area contributed by atoms with Gasteiger partial charge in [-0.2, -0.15) is 0 Å². The van der Waals surface area contributed by atoms with Crippen LogP contribution in [0, 0.1) is 5.92 Å².